The van der Waals surface area contributed by atoms with Crippen molar-refractivity contribution < 1.29 is 4.39 Å². The quantitative estimate of drug-likeness (QED) is 0.265. The molecule has 3 heterocycles. The number of thioether (sulfide) groups is 1. The van der Waals surface area contributed by atoms with E-state index in [1.165, 1.54) is 12.1 Å². The normalized spacial score (nSPS) is 11.1. The average molecular weight is 476 g/mol. The Bertz CT molecular complexity index is 1420. The Labute approximate surface area is 199 Å². The number of hydrogen-bond donors (Lipinski definition) is 1. The van der Waals surface area contributed by atoms with Gasteiger partial charge in [-0.05, 0) is 60.4 Å². The Morgan fingerprint density at radius 1 is 1.03 bits per heavy atom. The molecule has 33 heavy (non-hydrogen) atoms. The molecule has 1 N–H and O–H groups in total. The zero-order chi connectivity index (χ0) is 22.8. The third-order valence-corrected chi connectivity index (χ3v) is 6.11. The van der Waals surface area contributed by atoms with Gasteiger partial charge in [0.25, 0.3) is 0 Å². The molecule has 0 aliphatic rings. The van der Waals surface area contributed by atoms with Crippen LogP contribution < -0.4 is 5.32 Å². The molecule has 2 aromatic carbocycles. The maximum atomic E-state index is 13.6. The van der Waals surface area contributed by atoms with Gasteiger partial charge in [0.05, 0.1) is 21.8 Å². The SMILES string of the molecule is CCSc1cc(Cl)cc2c(-c3ccnc(Nc4ccccc4)n3)c(-c3ccc(F)cc3)nn12. The van der Waals surface area contributed by atoms with E-state index in [2.05, 4.69) is 17.2 Å². The maximum absolute atomic E-state index is 13.6. The number of pyridine rings is 1. The second kappa shape index (κ2) is 9.21. The van der Waals surface area contributed by atoms with E-state index in [0.717, 1.165) is 33.1 Å². The summed E-state index contributed by atoms with van der Waals surface area (Å²) in [4.78, 5) is 9.14. The number of benzene rings is 2. The van der Waals surface area contributed by atoms with Crippen molar-refractivity contribution in [2.45, 2.75) is 11.9 Å². The van der Waals surface area contributed by atoms with Crippen molar-refractivity contribution in [3.63, 3.8) is 0 Å². The lowest BCUT2D eigenvalue weighted by molar-refractivity contribution is 0.628. The van der Waals surface area contributed by atoms with Gasteiger partial charge in [0, 0.05) is 22.5 Å². The molecule has 0 aliphatic heterocycles. The molecule has 0 saturated carbocycles. The Hall–Kier alpha value is -3.42. The number of rotatable bonds is 6. The number of anilines is 2. The smallest absolute Gasteiger partial charge is 0.227 e. The summed E-state index contributed by atoms with van der Waals surface area (Å²) in [5.41, 5.74) is 4.68. The summed E-state index contributed by atoms with van der Waals surface area (Å²) >= 11 is 8.13. The highest BCUT2D eigenvalue weighted by atomic mass is 35.5. The summed E-state index contributed by atoms with van der Waals surface area (Å²) in [6.45, 7) is 2.08. The second-order valence-corrected chi connectivity index (χ2v) is 8.95. The van der Waals surface area contributed by atoms with Crippen molar-refractivity contribution in [2.24, 2.45) is 0 Å². The lowest BCUT2D eigenvalue weighted by atomic mass is 10.0. The third kappa shape index (κ3) is 4.42. The van der Waals surface area contributed by atoms with Crippen LogP contribution in [0.4, 0.5) is 16.0 Å². The van der Waals surface area contributed by atoms with Crippen LogP contribution in [0.25, 0.3) is 28.0 Å². The van der Waals surface area contributed by atoms with E-state index in [9.17, 15) is 4.39 Å². The molecular formula is C25H19ClFN5S. The molecule has 0 unspecified atom stereocenters. The molecular weight excluding hydrogens is 457 g/mol. The van der Waals surface area contributed by atoms with Gasteiger partial charge in [0.15, 0.2) is 0 Å². The van der Waals surface area contributed by atoms with Crippen molar-refractivity contribution in [3.05, 3.63) is 89.8 Å². The molecule has 0 bridgehead atoms. The monoisotopic (exact) mass is 475 g/mol. The highest BCUT2D eigenvalue weighted by molar-refractivity contribution is 7.99. The molecule has 5 aromatic rings. The third-order valence-electron chi connectivity index (χ3n) is 5.02. The standard InChI is InChI=1S/C25H19ClFN5S/c1-2-33-22-15-17(26)14-21-23(24(31-32(21)22)16-8-10-18(27)11-9-16)20-12-13-28-25(30-20)29-19-6-4-3-5-7-19/h3-15H,2H2,1H3,(H,28,29,30). The average Bonchev–Trinajstić information content (AvgIpc) is 3.20. The fourth-order valence-corrected chi connectivity index (χ4v) is 4.64. The van der Waals surface area contributed by atoms with Crippen LogP contribution in [0.5, 0.6) is 0 Å². The van der Waals surface area contributed by atoms with Gasteiger partial charge in [-0.25, -0.2) is 18.9 Å². The number of fused-ring (bicyclic) bond motifs is 1. The lowest BCUT2D eigenvalue weighted by Gasteiger charge is -2.08. The molecule has 0 aliphatic carbocycles. The molecule has 3 aromatic heterocycles. The predicted molar refractivity (Wildman–Crippen MR) is 133 cm³/mol. The van der Waals surface area contributed by atoms with Gasteiger partial charge in [0.2, 0.25) is 5.95 Å². The highest BCUT2D eigenvalue weighted by Crippen LogP contribution is 2.38. The van der Waals surface area contributed by atoms with Crippen molar-refractivity contribution in [1.29, 1.82) is 0 Å². The number of halogens is 2. The van der Waals surface area contributed by atoms with Crippen LogP contribution >= 0.6 is 23.4 Å². The van der Waals surface area contributed by atoms with Crippen LogP contribution in [0.1, 0.15) is 6.92 Å². The summed E-state index contributed by atoms with van der Waals surface area (Å²) in [5, 5.41) is 9.67. The number of aromatic nitrogens is 4. The number of para-hydroxylation sites is 1. The molecule has 0 saturated heterocycles. The first kappa shape index (κ1) is 21.4. The minimum Gasteiger partial charge on any atom is -0.324 e. The minimum absolute atomic E-state index is 0.300. The largest absolute Gasteiger partial charge is 0.324 e. The number of nitrogens with one attached hydrogen (secondary N) is 1. The number of hydrogen-bond acceptors (Lipinski definition) is 5. The number of nitrogens with zero attached hydrogens (tertiary/aromatic N) is 4. The van der Waals surface area contributed by atoms with Crippen LogP contribution in [-0.4, -0.2) is 25.3 Å². The van der Waals surface area contributed by atoms with Gasteiger partial charge < -0.3 is 5.32 Å². The Morgan fingerprint density at radius 3 is 2.58 bits per heavy atom. The molecule has 164 valence electrons. The van der Waals surface area contributed by atoms with E-state index in [1.54, 1.807) is 30.1 Å². The van der Waals surface area contributed by atoms with E-state index in [4.69, 9.17) is 21.7 Å². The van der Waals surface area contributed by atoms with Gasteiger partial charge in [-0.2, -0.15) is 5.10 Å². The summed E-state index contributed by atoms with van der Waals surface area (Å²) < 4.78 is 15.5. The van der Waals surface area contributed by atoms with Crippen molar-refractivity contribution in [1.82, 2.24) is 19.6 Å². The van der Waals surface area contributed by atoms with Crippen molar-refractivity contribution >= 4 is 40.5 Å². The Balaban J connectivity index is 1.71. The van der Waals surface area contributed by atoms with E-state index >= 15 is 0 Å². The molecule has 8 heteroatoms. The van der Waals surface area contributed by atoms with Gasteiger partial charge in [-0.15, -0.1) is 11.8 Å². The van der Waals surface area contributed by atoms with Crippen LogP contribution in [0, 0.1) is 5.82 Å². The molecule has 5 rings (SSSR count). The van der Waals surface area contributed by atoms with Gasteiger partial charge in [0.1, 0.15) is 11.5 Å². The first-order valence-corrected chi connectivity index (χ1v) is 11.8. The Morgan fingerprint density at radius 2 is 1.82 bits per heavy atom. The second-order valence-electron chi connectivity index (χ2n) is 7.23. The fourth-order valence-electron chi connectivity index (χ4n) is 3.61. The molecule has 0 radical (unpaired) electrons. The van der Waals surface area contributed by atoms with Crippen LogP contribution in [-0.2, 0) is 0 Å². The van der Waals surface area contributed by atoms with Gasteiger partial charge >= 0.3 is 0 Å². The molecule has 0 amide bonds. The molecule has 0 spiro atoms. The first-order valence-electron chi connectivity index (χ1n) is 10.4. The fraction of sp³-hybridized carbons (Fsp3) is 0.0800. The molecule has 0 atom stereocenters. The zero-order valence-corrected chi connectivity index (χ0v) is 19.2. The van der Waals surface area contributed by atoms with E-state index in [-0.39, 0.29) is 5.82 Å². The summed E-state index contributed by atoms with van der Waals surface area (Å²) in [6.07, 6.45) is 1.71. The summed E-state index contributed by atoms with van der Waals surface area (Å²) in [5.74, 6) is 1.04. The van der Waals surface area contributed by atoms with Crippen molar-refractivity contribution in [3.8, 4) is 22.5 Å². The maximum Gasteiger partial charge on any atom is 0.227 e. The Kier molecular flexibility index (Phi) is 5.98. The van der Waals surface area contributed by atoms with Crippen LogP contribution in [0.2, 0.25) is 5.02 Å². The van der Waals surface area contributed by atoms with Crippen molar-refractivity contribution in [2.75, 3.05) is 11.1 Å². The summed E-state index contributed by atoms with van der Waals surface area (Å²) in [6, 6.07) is 21.7. The van der Waals surface area contributed by atoms with Gasteiger partial charge in [-0.1, -0.05) is 36.7 Å². The minimum atomic E-state index is -0.300. The topological polar surface area (TPSA) is 55.1 Å². The molecule has 0 fully saturated rings. The van der Waals surface area contributed by atoms with E-state index < -0.39 is 0 Å². The lowest BCUT2D eigenvalue weighted by Crippen LogP contribution is -1.98. The van der Waals surface area contributed by atoms with Gasteiger partial charge in [-0.3, -0.25) is 0 Å². The molecule has 5 nitrogen and oxygen atoms in total. The van der Waals surface area contributed by atoms with E-state index in [0.29, 0.717) is 22.4 Å². The predicted octanol–water partition coefficient (Wildman–Crippen LogP) is 7.11. The highest BCUT2D eigenvalue weighted by Gasteiger charge is 2.20. The van der Waals surface area contributed by atoms with E-state index in [1.807, 2.05) is 53.0 Å². The van der Waals surface area contributed by atoms with Crippen LogP contribution in [0.15, 0.2) is 84.0 Å². The first-order chi connectivity index (χ1) is 16.1. The van der Waals surface area contributed by atoms with Crippen LogP contribution in [0.3, 0.4) is 0 Å². The summed E-state index contributed by atoms with van der Waals surface area (Å²) in [7, 11) is 0. The zero-order valence-electron chi connectivity index (χ0n) is 17.7.